The molecule has 1 unspecified atom stereocenters. The smallest absolute Gasteiger partial charge is 0.163 e. The van der Waals surface area contributed by atoms with Crippen molar-refractivity contribution in [3.05, 3.63) is 23.8 Å². The number of anilines is 1. The first-order chi connectivity index (χ1) is 8.32. The van der Waals surface area contributed by atoms with E-state index >= 15 is 0 Å². The first-order valence-corrected chi connectivity index (χ1v) is 6.39. The number of ketones is 1. The first-order valence-electron chi connectivity index (χ1n) is 6.39. The maximum Gasteiger partial charge on any atom is 0.163 e. The van der Waals surface area contributed by atoms with Crippen LogP contribution in [0.5, 0.6) is 5.75 Å². The molecule has 0 aromatic heterocycles. The van der Waals surface area contributed by atoms with Gasteiger partial charge in [-0.1, -0.05) is 13.8 Å². The third kappa shape index (κ3) is 3.49. The lowest BCUT2D eigenvalue weighted by molar-refractivity contribution is 0.101. The number of rotatable bonds is 5. The summed E-state index contributed by atoms with van der Waals surface area (Å²) in [5, 5.41) is 9.83. The number of carbonyl (C=O) groups excluding carboxylic acids is 1. The van der Waals surface area contributed by atoms with Gasteiger partial charge in [-0.2, -0.15) is 0 Å². The maximum absolute atomic E-state index is 11.3. The van der Waals surface area contributed by atoms with Gasteiger partial charge in [0, 0.05) is 24.8 Å². The quantitative estimate of drug-likeness (QED) is 0.812. The minimum absolute atomic E-state index is 0.0589. The van der Waals surface area contributed by atoms with E-state index in [4.69, 9.17) is 0 Å². The number of aromatic hydroxyl groups is 1. The molecule has 3 heteroatoms. The van der Waals surface area contributed by atoms with E-state index in [2.05, 4.69) is 25.7 Å². The largest absolute Gasteiger partial charge is 0.507 e. The lowest BCUT2D eigenvalue weighted by Gasteiger charge is -2.28. The number of hydrogen-bond acceptors (Lipinski definition) is 3. The van der Waals surface area contributed by atoms with Gasteiger partial charge in [0.15, 0.2) is 5.78 Å². The van der Waals surface area contributed by atoms with Gasteiger partial charge in [0.25, 0.3) is 0 Å². The van der Waals surface area contributed by atoms with Crippen LogP contribution in [-0.2, 0) is 0 Å². The number of Topliss-reactive ketones (excluding diaryl/α,β-unsaturated/α-hetero) is 1. The van der Waals surface area contributed by atoms with Crippen LogP contribution in [0, 0.1) is 5.92 Å². The average molecular weight is 249 g/mol. The summed E-state index contributed by atoms with van der Waals surface area (Å²) in [7, 11) is 2.01. The number of benzene rings is 1. The van der Waals surface area contributed by atoms with E-state index in [1.54, 1.807) is 12.1 Å². The molecule has 1 rings (SSSR count). The lowest BCUT2D eigenvalue weighted by atomic mass is 10.0. The van der Waals surface area contributed by atoms with Crippen LogP contribution in [0.15, 0.2) is 18.2 Å². The Morgan fingerprint density at radius 1 is 1.33 bits per heavy atom. The van der Waals surface area contributed by atoms with Crippen molar-refractivity contribution in [3.8, 4) is 5.75 Å². The van der Waals surface area contributed by atoms with Crippen molar-refractivity contribution in [2.75, 3.05) is 11.9 Å². The summed E-state index contributed by atoms with van der Waals surface area (Å²) in [6, 6.07) is 5.62. The summed E-state index contributed by atoms with van der Waals surface area (Å²) in [6.45, 7) is 8.01. The fourth-order valence-corrected chi connectivity index (χ4v) is 2.13. The molecular formula is C15H23NO2. The van der Waals surface area contributed by atoms with Crippen LogP contribution in [0.2, 0.25) is 0 Å². The highest BCUT2D eigenvalue weighted by Crippen LogP contribution is 2.26. The Bertz CT molecular complexity index is 427. The lowest BCUT2D eigenvalue weighted by Crippen LogP contribution is -2.30. The summed E-state index contributed by atoms with van der Waals surface area (Å²) in [5.41, 5.74) is 1.31. The molecule has 0 amide bonds. The van der Waals surface area contributed by atoms with E-state index in [1.165, 1.54) is 6.92 Å². The molecule has 0 saturated carbocycles. The van der Waals surface area contributed by atoms with Gasteiger partial charge in [0.2, 0.25) is 0 Å². The Labute approximate surface area is 109 Å². The molecule has 0 aliphatic carbocycles. The molecule has 1 aromatic carbocycles. The van der Waals surface area contributed by atoms with Crippen molar-refractivity contribution in [1.82, 2.24) is 0 Å². The van der Waals surface area contributed by atoms with Gasteiger partial charge >= 0.3 is 0 Å². The van der Waals surface area contributed by atoms with Gasteiger partial charge in [0.05, 0.1) is 5.56 Å². The maximum atomic E-state index is 11.3. The fraction of sp³-hybridized carbons (Fsp3) is 0.533. The normalized spacial score (nSPS) is 12.6. The summed E-state index contributed by atoms with van der Waals surface area (Å²) in [5.74, 6) is 0.577. The zero-order chi connectivity index (χ0) is 13.9. The van der Waals surface area contributed by atoms with E-state index in [0.29, 0.717) is 17.5 Å². The van der Waals surface area contributed by atoms with Gasteiger partial charge in [-0.25, -0.2) is 0 Å². The predicted octanol–water partition coefficient (Wildman–Crippen LogP) is 3.47. The monoisotopic (exact) mass is 249 g/mol. The Hall–Kier alpha value is -1.51. The molecular weight excluding hydrogens is 226 g/mol. The minimum atomic E-state index is -0.114. The highest BCUT2D eigenvalue weighted by atomic mass is 16.3. The standard InChI is InChI=1S/C15H23NO2/c1-10(2)8-11(3)16(5)13-6-7-14(12(4)17)15(18)9-13/h6-7,9-11,18H,8H2,1-5H3. The number of phenolic OH excluding ortho intramolecular Hbond substituents is 1. The van der Waals surface area contributed by atoms with Gasteiger partial charge < -0.3 is 10.0 Å². The zero-order valence-electron chi connectivity index (χ0n) is 11.9. The number of carbonyl (C=O) groups is 1. The molecule has 0 saturated heterocycles. The van der Waals surface area contributed by atoms with Gasteiger partial charge in [-0.05, 0) is 38.3 Å². The zero-order valence-corrected chi connectivity index (χ0v) is 11.9. The Balaban J connectivity index is 2.90. The summed E-state index contributed by atoms with van der Waals surface area (Å²) in [4.78, 5) is 13.4. The summed E-state index contributed by atoms with van der Waals surface area (Å²) < 4.78 is 0. The third-order valence-electron chi connectivity index (χ3n) is 3.24. The molecule has 100 valence electrons. The fourth-order valence-electron chi connectivity index (χ4n) is 2.13. The molecule has 0 radical (unpaired) electrons. The van der Waals surface area contributed by atoms with Crippen LogP contribution >= 0.6 is 0 Å². The SMILES string of the molecule is CC(=O)c1ccc(N(C)C(C)CC(C)C)cc1O. The van der Waals surface area contributed by atoms with Gasteiger partial charge in [0.1, 0.15) is 5.75 Å². The molecule has 3 nitrogen and oxygen atoms in total. The highest BCUT2D eigenvalue weighted by Gasteiger charge is 2.14. The molecule has 0 spiro atoms. The van der Waals surface area contributed by atoms with Crippen molar-refractivity contribution in [1.29, 1.82) is 0 Å². The summed E-state index contributed by atoms with van der Waals surface area (Å²) in [6.07, 6.45) is 1.09. The van der Waals surface area contributed by atoms with Crippen molar-refractivity contribution < 1.29 is 9.90 Å². The Morgan fingerprint density at radius 2 is 1.94 bits per heavy atom. The second-order valence-electron chi connectivity index (χ2n) is 5.35. The van der Waals surface area contributed by atoms with Gasteiger partial charge in [-0.3, -0.25) is 4.79 Å². The summed E-state index contributed by atoms with van der Waals surface area (Å²) >= 11 is 0. The minimum Gasteiger partial charge on any atom is -0.507 e. The van der Waals surface area contributed by atoms with Crippen molar-refractivity contribution in [3.63, 3.8) is 0 Å². The third-order valence-corrected chi connectivity index (χ3v) is 3.24. The van der Waals surface area contributed by atoms with Crippen molar-refractivity contribution in [2.24, 2.45) is 5.92 Å². The molecule has 0 bridgehead atoms. The average Bonchev–Trinajstić information content (AvgIpc) is 2.26. The molecule has 0 aliphatic rings. The van der Waals surface area contributed by atoms with Gasteiger partial charge in [-0.15, -0.1) is 0 Å². The highest BCUT2D eigenvalue weighted by molar-refractivity contribution is 5.97. The van der Waals surface area contributed by atoms with Crippen LogP contribution in [0.25, 0.3) is 0 Å². The van der Waals surface area contributed by atoms with Crippen LogP contribution < -0.4 is 4.90 Å². The predicted molar refractivity (Wildman–Crippen MR) is 75.4 cm³/mol. The van der Waals surface area contributed by atoms with Crippen LogP contribution in [-0.4, -0.2) is 24.0 Å². The van der Waals surface area contributed by atoms with E-state index < -0.39 is 0 Å². The molecule has 1 N–H and O–H groups in total. The van der Waals surface area contributed by atoms with Crippen molar-refractivity contribution >= 4 is 11.5 Å². The molecule has 1 atom stereocenters. The van der Waals surface area contributed by atoms with Crippen LogP contribution in [0.3, 0.4) is 0 Å². The van der Waals surface area contributed by atoms with E-state index in [0.717, 1.165) is 12.1 Å². The number of nitrogens with zero attached hydrogens (tertiary/aromatic N) is 1. The van der Waals surface area contributed by atoms with Crippen LogP contribution in [0.1, 0.15) is 44.5 Å². The van der Waals surface area contributed by atoms with E-state index in [1.807, 2.05) is 13.1 Å². The second kappa shape index (κ2) is 5.89. The molecule has 18 heavy (non-hydrogen) atoms. The topological polar surface area (TPSA) is 40.5 Å². The Kier molecular flexibility index (Phi) is 4.76. The van der Waals surface area contributed by atoms with Crippen LogP contribution in [0.4, 0.5) is 5.69 Å². The molecule has 0 fully saturated rings. The first kappa shape index (κ1) is 14.6. The molecule has 0 heterocycles. The number of phenols is 1. The molecule has 1 aromatic rings. The van der Waals surface area contributed by atoms with E-state index in [-0.39, 0.29) is 11.5 Å². The Morgan fingerprint density at radius 3 is 2.39 bits per heavy atom. The van der Waals surface area contributed by atoms with Crippen molar-refractivity contribution in [2.45, 2.75) is 40.2 Å². The number of hydrogen-bond donors (Lipinski definition) is 1. The van der Waals surface area contributed by atoms with E-state index in [9.17, 15) is 9.90 Å². The molecule has 0 aliphatic heterocycles. The second-order valence-corrected chi connectivity index (χ2v) is 5.35.